The second kappa shape index (κ2) is 9.23. The zero-order valence-electron chi connectivity index (χ0n) is 15.6. The summed E-state index contributed by atoms with van der Waals surface area (Å²) in [6, 6.07) is 13.1. The lowest BCUT2D eigenvalue weighted by Gasteiger charge is -2.05. The Balaban J connectivity index is 1.75. The van der Waals surface area contributed by atoms with Gasteiger partial charge in [0.25, 0.3) is 5.91 Å². The molecule has 0 spiro atoms. The number of carbonyl (C=O) groups is 1. The molecule has 1 N–H and O–H groups in total. The zero-order chi connectivity index (χ0) is 21.0. The largest absolute Gasteiger partial charge is 0.435 e. The van der Waals surface area contributed by atoms with Crippen LogP contribution in [0.3, 0.4) is 0 Å². The molecule has 0 aliphatic carbocycles. The van der Waals surface area contributed by atoms with Gasteiger partial charge in [-0.1, -0.05) is 12.1 Å². The highest BCUT2D eigenvalue weighted by Gasteiger charge is 2.14. The Hall–Kier alpha value is -2.65. The number of rotatable bonds is 7. The van der Waals surface area contributed by atoms with Gasteiger partial charge in [-0.15, -0.1) is 11.3 Å². The minimum Gasteiger partial charge on any atom is -0.435 e. The van der Waals surface area contributed by atoms with Crippen LogP contribution in [-0.4, -0.2) is 28.0 Å². The fourth-order valence-corrected chi connectivity index (χ4v) is 4.20. The van der Waals surface area contributed by atoms with Crippen LogP contribution in [0.2, 0.25) is 0 Å². The summed E-state index contributed by atoms with van der Waals surface area (Å²) in [4.78, 5) is 17.9. The third kappa shape index (κ3) is 5.68. The number of carbonyl (C=O) groups excluding carboxylic acids is 1. The molecule has 0 saturated carbocycles. The van der Waals surface area contributed by atoms with Crippen LogP contribution < -0.4 is 10.1 Å². The fraction of sp³-hybridized carbons (Fsp3) is 0.200. The molecule has 1 aromatic heterocycles. The van der Waals surface area contributed by atoms with Crippen molar-refractivity contribution in [1.82, 2.24) is 4.98 Å². The quantitative estimate of drug-likeness (QED) is 0.575. The number of hydrogen-bond donors (Lipinski definition) is 1. The van der Waals surface area contributed by atoms with Gasteiger partial charge in [0.1, 0.15) is 5.75 Å². The molecule has 0 fully saturated rings. The topological polar surface area (TPSA) is 68.3 Å². The Kier molecular flexibility index (Phi) is 6.71. The first kappa shape index (κ1) is 21.1. The van der Waals surface area contributed by atoms with E-state index in [0.717, 1.165) is 16.0 Å². The van der Waals surface area contributed by atoms with Gasteiger partial charge in [-0.3, -0.25) is 14.3 Å². The van der Waals surface area contributed by atoms with Crippen molar-refractivity contribution in [2.24, 2.45) is 0 Å². The minimum absolute atomic E-state index is 0.0676. The second-order valence-corrected chi connectivity index (χ2v) is 8.84. The van der Waals surface area contributed by atoms with Crippen molar-refractivity contribution in [2.45, 2.75) is 19.3 Å². The molecule has 1 amide bonds. The van der Waals surface area contributed by atoms with E-state index in [1.165, 1.54) is 23.5 Å². The van der Waals surface area contributed by atoms with Crippen LogP contribution in [-0.2, 0) is 16.6 Å². The van der Waals surface area contributed by atoms with Crippen LogP contribution in [0.15, 0.2) is 48.5 Å². The van der Waals surface area contributed by atoms with E-state index in [1.54, 1.807) is 36.6 Å². The number of benzene rings is 2. The maximum absolute atomic E-state index is 12.5. The molecule has 0 radical (unpaired) electrons. The maximum atomic E-state index is 12.5. The molecule has 1 atom stereocenters. The van der Waals surface area contributed by atoms with Crippen LogP contribution in [0.1, 0.15) is 20.8 Å². The summed E-state index contributed by atoms with van der Waals surface area (Å²) in [6.45, 7) is -1.01. The standard InChI is InChI=1S/C20H18F2N2O3S2/c1-12-17(14-6-8-16(9-7-14)27-19(21)22)23-20(28-12)24-18(25)15-5-3-4-13(10-15)11-29(2)26/h3-10,19H,11H2,1-2H3,(H,23,24,25). The summed E-state index contributed by atoms with van der Waals surface area (Å²) in [6.07, 6.45) is 1.61. The number of aryl methyl sites for hydroxylation is 1. The van der Waals surface area contributed by atoms with Gasteiger partial charge in [-0.2, -0.15) is 8.78 Å². The highest BCUT2D eigenvalue weighted by Crippen LogP contribution is 2.31. The third-order valence-electron chi connectivity index (χ3n) is 3.93. The van der Waals surface area contributed by atoms with Crippen molar-refractivity contribution in [3.05, 3.63) is 64.5 Å². The summed E-state index contributed by atoms with van der Waals surface area (Å²) in [7, 11) is -0.995. The second-order valence-electron chi connectivity index (χ2n) is 6.20. The van der Waals surface area contributed by atoms with E-state index in [9.17, 15) is 17.8 Å². The smallest absolute Gasteiger partial charge is 0.387 e. The summed E-state index contributed by atoms with van der Waals surface area (Å²) >= 11 is 1.32. The van der Waals surface area contributed by atoms with Crippen molar-refractivity contribution in [2.75, 3.05) is 11.6 Å². The van der Waals surface area contributed by atoms with Gasteiger partial charge >= 0.3 is 6.61 Å². The number of hydrogen-bond acceptors (Lipinski definition) is 5. The molecule has 1 unspecified atom stereocenters. The molecule has 9 heteroatoms. The molecular weight excluding hydrogens is 418 g/mol. The highest BCUT2D eigenvalue weighted by molar-refractivity contribution is 7.83. The van der Waals surface area contributed by atoms with Crippen LogP contribution in [0, 0.1) is 6.92 Å². The van der Waals surface area contributed by atoms with E-state index >= 15 is 0 Å². The summed E-state index contributed by atoms with van der Waals surface area (Å²) in [5.41, 5.74) is 2.66. The van der Waals surface area contributed by atoms with Crippen LogP contribution in [0.5, 0.6) is 5.75 Å². The van der Waals surface area contributed by atoms with E-state index in [0.29, 0.717) is 22.1 Å². The first-order valence-corrected chi connectivity index (χ1v) is 11.1. The van der Waals surface area contributed by atoms with Crippen LogP contribution in [0.4, 0.5) is 13.9 Å². The third-order valence-corrected chi connectivity index (χ3v) is 5.56. The number of aromatic nitrogens is 1. The lowest BCUT2D eigenvalue weighted by molar-refractivity contribution is -0.0498. The van der Waals surface area contributed by atoms with Gasteiger partial charge < -0.3 is 4.74 Å². The van der Waals surface area contributed by atoms with E-state index in [1.807, 2.05) is 13.0 Å². The van der Waals surface area contributed by atoms with Crippen molar-refractivity contribution in [3.8, 4) is 17.0 Å². The number of nitrogens with one attached hydrogen (secondary N) is 1. The van der Waals surface area contributed by atoms with Gasteiger partial charge in [0, 0.05) is 38.8 Å². The lowest BCUT2D eigenvalue weighted by Crippen LogP contribution is -2.12. The normalized spacial score (nSPS) is 12.0. The van der Waals surface area contributed by atoms with E-state index in [2.05, 4.69) is 15.0 Å². The van der Waals surface area contributed by atoms with Crippen LogP contribution >= 0.6 is 11.3 Å². The molecule has 0 saturated heterocycles. The Morgan fingerprint density at radius 1 is 1.24 bits per heavy atom. The summed E-state index contributed by atoms with van der Waals surface area (Å²) in [5, 5.41) is 3.21. The number of thiazole rings is 1. The lowest BCUT2D eigenvalue weighted by atomic mass is 10.1. The predicted molar refractivity (Wildman–Crippen MR) is 111 cm³/mol. The Labute approximate surface area is 173 Å². The Bertz CT molecular complexity index is 1040. The molecule has 0 aliphatic rings. The number of nitrogens with zero attached hydrogens (tertiary/aromatic N) is 1. The van der Waals surface area contributed by atoms with Gasteiger partial charge in [0.15, 0.2) is 5.13 Å². The molecular formula is C20H18F2N2O3S2. The molecule has 0 aliphatic heterocycles. The highest BCUT2D eigenvalue weighted by atomic mass is 32.2. The van der Waals surface area contributed by atoms with Gasteiger partial charge in [0.2, 0.25) is 0 Å². The Morgan fingerprint density at radius 3 is 2.62 bits per heavy atom. The van der Waals surface area contributed by atoms with Gasteiger partial charge in [-0.25, -0.2) is 4.98 Å². The monoisotopic (exact) mass is 436 g/mol. The molecule has 152 valence electrons. The predicted octanol–water partition coefficient (Wildman–Crippen LogP) is 4.85. The molecule has 1 heterocycles. The first-order chi connectivity index (χ1) is 13.8. The van der Waals surface area contributed by atoms with Crippen molar-refractivity contribution in [3.63, 3.8) is 0 Å². The summed E-state index contributed by atoms with van der Waals surface area (Å²) < 4.78 is 40.3. The van der Waals surface area contributed by atoms with Crippen LogP contribution in [0.25, 0.3) is 11.3 Å². The molecule has 3 aromatic rings. The van der Waals surface area contributed by atoms with Crippen molar-refractivity contribution in [1.29, 1.82) is 0 Å². The number of halogens is 2. The molecule has 3 rings (SSSR count). The first-order valence-electron chi connectivity index (χ1n) is 8.55. The summed E-state index contributed by atoms with van der Waals surface area (Å²) in [5.74, 6) is 0.139. The van der Waals surface area contributed by atoms with Gasteiger partial charge in [0.05, 0.1) is 5.69 Å². The average Bonchev–Trinajstić information content (AvgIpc) is 3.01. The zero-order valence-corrected chi connectivity index (χ0v) is 17.3. The SMILES string of the molecule is Cc1sc(NC(=O)c2cccc(CS(C)=O)c2)nc1-c1ccc(OC(F)F)cc1. The minimum atomic E-state index is -2.88. The number of amides is 1. The molecule has 0 bridgehead atoms. The Morgan fingerprint density at radius 2 is 1.97 bits per heavy atom. The number of ether oxygens (including phenoxy) is 1. The number of alkyl halides is 2. The van der Waals surface area contributed by atoms with Gasteiger partial charge in [-0.05, 0) is 48.9 Å². The molecule has 2 aromatic carbocycles. The van der Waals surface area contributed by atoms with E-state index in [-0.39, 0.29) is 11.7 Å². The molecule has 29 heavy (non-hydrogen) atoms. The van der Waals surface area contributed by atoms with Crippen molar-refractivity contribution < 1.29 is 22.5 Å². The maximum Gasteiger partial charge on any atom is 0.387 e. The van der Waals surface area contributed by atoms with E-state index < -0.39 is 17.4 Å². The van der Waals surface area contributed by atoms with E-state index in [4.69, 9.17) is 0 Å². The molecule has 5 nitrogen and oxygen atoms in total. The number of anilines is 1. The fourth-order valence-electron chi connectivity index (χ4n) is 2.72. The average molecular weight is 437 g/mol. The van der Waals surface area contributed by atoms with Crippen molar-refractivity contribution >= 4 is 33.2 Å².